The number of aliphatic hydroxyl groups is 1. The summed E-state index contributed by atoms with van der Waals surface area (Å²) in [6.45, 7) is 4.98. The fourth-order valence-corrected chi connectivity index (χ4v) is 2.51. The van der Waals surface area contributed by atoms with E-state index in [0.29, 0.717) is 30.9 Å². The minimum absolute atomic E-state index is 0.0131. The topological polar surface area (TPSA) is 49.7 Å². The maximum atomic E-state index is 12.2. The van der Waals surface area contributed by atoms with E-state index in [-0.39, 0.29) is 17.5 Å². The lowest BCUT2D eigenvalue weighted by Gasteiger charge is -2.22. The summed E-state index contributed by atoms with van der Waals surface area (Å²) in [5.41, 5.74) is 1.50. The van der Waals surface area contributed by atoms with E-state index in [1.54, 1.807) is 6.21 Å². The Kier molecular flexibility index (Phi) is 5.32. The van der Waals surface area contributed by atoms with Crippen LogP contribution in [0, 0.1) is 5.92 Å². The van der Waals surface area contributed by atoms with Crippen LogP contribution >= 0.6 is 0 Å². The minimum atomic E-state index is -0.0131. The van der Waals surface area contributed by atoms with Gasteiger partial charge in [0, 0.05) is 25.6 Å². The van der Waals surface area contributed by atoms with E-state index in [4.69, 9.17) is 0 Å². The van der Waals surface area contributed by atoms with Crippen molar-refractivity contribution in [3.63, 3.8) is 0 Å². The minimum Gasteiger partial charge on any atom is -0.511 e. The predicted molar refractivity (Wildman–Crippen MR) is 85.9 cm³/mol. The van der Waals surface area contributed by atoms with Gasteiger partial charge >= 0.3 is 0 Å². The number of carbonyl (C=O) groups excluding carboxylic acids is 1. The lowest BCUT2D eigenvalue weighted by atomic mass is 9.83. The molecule has 0 saturated carbocycles. The lowest BCUT2D eigenvalue weighted by molar-refractivity contribution is -0.116. The predicted octanol–water partition coefficient (Wildman–Crippen LogP) is 4.06. The molecule has 112 valence electrons. The SMILES string of the molecule is CC(C)CCN=CC1=C(O)CC(c2ccccc2)CC1=O. The summed E-state index contributed by atoms with van der Waals surface area (Å²) in [7, 11) is 0. The molecule has 1 aliphatic carbocycles. The van der Waals surface area contributed by atoms with Gasteiger partial charge in [0.15, 0.2) is 5.78 Å². The van der Waals surface area contributed by atoms with Crippen molar-refractivity contribution >= 4 is 12.0 Å². The highest BCUT2D eigenvalue weighted by atomic mass is 16.3. The molecular weight excluding hydrogens is 262 g/mol. The fraction of sp³-hybridized carbons (Fsp3) is 0.444. The van der Waals surface area contributed by atoms with E-state index in [1.165, 1.54) is 0 Å². The first-order valence-electron chi connectivity index (χ1n) is 7.58. The van der Waals surface area contributed by atoms with Gasteiger partial charge in [0.05, 0.1) is 5.57 Å². The fourth-order valence-electron chi connectivity index (χ4n) is 2.51. The molecule has 1 aliphatic rings. The van der Waals surface area contributed by atoms with E-state index in [0.717, 1.165) is 12.0 Å². The molecule has 0 heterocycles. The van der Waals surface area contributed by atoms with E-state index < -0.39 is 0 Å². The molecule has 0 aliphatic heterocycles. The van der Waals surface area contributed by atoms with Gasteiger partial charge in [-0.2, -0.15) is 0 Å². The van der Waals surface area contributed by atoms with Gasteiger partial charge in [-0.15, -0.1) is 0 Å². The Labute approximate surface area is 126 Å². The Morgan fingerprint density at radius 2 is 2.00 bits per heavy atom. The molecule has 1 aromatic carbocycles. The van der Waals surface area contributed by atoms with E-state index in [1.807, 2.05) is 30.3 Å². The molecule has 0 radical (unpaired) electrons. The van der Waals surface area contributed by atoms with Crippen LogP contribution in [0.3, 0.4) is 0 Å². The van der Waals surface area contributed by atoms with Gasteiger partial charge in [-0.25, -0.2) is 0 Å². The standard InChI is InChI=1S/C18H23NO2/c1-13(2)8-9-19-12-16-17(20)10-15(11-18(16)21)14-6-4-3-5-7-14/h3-7,12-13,15,20H,8-11H2,1-2H3. The van der Waals surface area contributed by atoms with Crippen molar-refractivity contribution in [3.8, 4) is 0 Å². The quantitative estimate of drug-likeness (QED) is 0.829. The zero-order chi connectivity index (χ0) is 15.2. The number of Topliss-reactive ketones (excluding diaryl/α,β-unsaturated/α-hetero) is 1. The molecule has 1 aromatic rings. The highest BCUT2D eigenvalue weighted by Crippen LogP contribution is 2.32. The molecule has 0 bridgehead atoms. The first kappa shape index (κ1) is 15.5. The second-order valence-electron chi connectivity index (χ2n) is 6.02. The van der Waals surface area contributed by atoms with Gasteiger partial charge in [0.1, 0.15) is 5.76 Å². The smallest absolute Gasteiger partial charge is 0.168 e. The zero-order valence-electron chi connectivity index (χ0n) is 12.7. The van der Waals surface area contributed by atoms with Gasteiger partial charge < -0.3 is 5.11 Å². The normalized spacial score (nSPS) is 19.8. The first-order chi connectivity index (χ1) is 10.1. The number of rotatable bonds is 5. The number of hydrogen-bond donors (Lipinski definition) is 1. The number of aliphatic hydroxyl groups excluding tert-OH is 1. The summed E-state index contributed by atoms with van der Waals surface area (Å²) in [5, 5.41) is 10.1. The number of ketones is 1. The molecule has 0 aromatic heterocycles. The summed E-state index contributed by atoms with van der Waals surface area (Å²) in [5.74, 6) is 0.829. The molecule has 0 spiro atoms. The number of allylic oxidation sites excluding steroid dienone is 2. The van der Waals surface area contributed by atoms with Crippen LogP contribution < -0.4 is 0 Å². The number of hydrogen-bond acceptors (Lipinski definition) is 3. The van der Waals surface area contributed by atoms with Gasteiger partial charge in [0.2, 0.25) is 0 Å². The Morgan fingerprint density at radius 1 is 1.29 bits per heavy atom. The van der Waals surface area contributed by atoms with Gasteiger partial charge in [0.25, 0.3) is 0 Å². The highest BCUT2D eigenvalue weighted by Gasteiger charge is 2.27. The summed E-state index contributed by atoms with van der Waals surface area (Å²) in [6, 6.07) is 9.89. The number of benzene rings is 1. The van der Waals surface area contributed by atoms with Crippen LogP contribution in [0.5, 0.6) is 0 Å². The van der Waals surface area contributed by atoms with Crippen LogP contribution in [-0.2, 0) is 4.79 Å². The monoisotopic (exact) mass is 285 g/mol. The highest BCUT2D eigenvalue weighted by molar-refractivity contribution is 6.14. The van der Waals surface area contributed by atoms with Crippen LogP contribution in [0.25, 0.3) is 0 Å². The van der Waals surface area contributed by atoms with Crippen LogP contribution in [0.2, 0.25) is 0 Å². The molecule has 1 unspecified atom stereocenters. The number of carbonyl (C=O) groups is 1. The third-order valence-electron chi connectivity index (χ3n) is 3.81. The van der Waals surface area contributed by atoms with Crippen molar-refractivity contribution in [3.05, 3.63) is 47.2 Å². The Morgan fingerprint density at radius 3 is 2.62 bits per heavy atom. The first-order valence-corrected chi connectivity index (χ1v) is 7.58. The van der Waals surface area contributed by atoms with Crippen molar-refractivity contribution in [1.82, 2.24) is 0 Å². The zero-order valence-corrected chi connectivity index (χ0v) is 12.7. The Balaban J connectivity index is 2.05. The van der Waals surface area contributed by atoms with Crippen molar-refractivity contribution in [2.75, 3.05) is 6.54 Å². The van der Waals surface area contributed by atoms with E-state index in [9.17, 15) is 9.90 Å². The van der Waals surface area contributed by atoms with Crippen LogP contribution in [0.1, 0.15) is 44.6 Å². The molecule has 21 heavy (non-hydrogen) atoms. The summed E-state index contributed by atoms with van der Waals surface area (Å²) >= 11 is 0. The second-order valence-corrected chi connectivity index (χ2v) is 6.02. The molecule has 0 fully saturated rings. The molecule has 2 rings (SSSR count). The third-order valence-corrected chi connectivity index (χ3v) is 3.81. The molecule has 0 saturated heterocycles. The van der Waals surface area contributed by atoms with Crippen molar-refractivity contribution in [2.45, 2.75) is 39.0 Å². The molecule has 1 atom stereocenters. The van der Waals surface area contributed by atoms with Crippen LogP contribution in [-0.4, -0.2) is 23.6 Å². The Bertz CT molecular complexity index is 544. The van der Waals surface area contributed by atoms with Crippen LogP contribution in [0.15, 0.2) is 46.7 Å². The summed E-state index contributed by atoms with van der Waals surface area (Å²) < 4.78 is 0. The average molecular weight is 285 g/mol. The van der Waals surface area contributed by atoms with Crippen molar-refractivity contribution in [1.29, 1.82) is 0 Å². The molecule has 3 nitrogen and oxygen atoms in total. The second kappa shape index (κ2) is 7.21. The van der Waals surface area contributed by atoms with Gasteiger partial charge in [-0.3, -0.25) is 9.79 Å². The van der Waals surface area contributed by atoms with Gasteiger partial charge in [-0.1, -0.05) is 44.2 Å². The number of aliphatic imine (C=N–C) groups is 1. The largest absolute Gasteiger partial charge is 0.511 e. The molecule has 1 N–H and O–H groups in total. The maximum absolute atomic E-state index is 12.2. The molecule has 0 amide bonds. The third kappa shape index (κ3) is 4.28. The summed E-state index contributed by atoms with van der Waals surface area (Å²) in [6.07, 6.45) is 3.51. The van der Waals surface area contributed by atoms with Gasteiger partial charge in [-0.05, 0) is 23.8 Å². The van der Waals surface area contributed by atoms with E-state index >= 15 is 0 Å². The Hall–Kier alpha value is -1.90. The maximum Gasteiger partial charge on any atom is 0.168 e. The molecular formula is C18H23NO2. The van der Waals surface area contributed by atoms with Crippen molar-refractivity contribution in [2.24, 2.45) is 10.9 Å². The van der Waals surface area contributed by atoms with Crippen molar-refractivity contribution < 1.29 is 9.90 Å². The number of nitrogens with zero attached hydrogens (tertiary/aromatic N) is 1. The summed E-state index contributed by atoms with van der Waals surface area (Å²) in [4.78, 5) is 16.5. The average Bonchev–Trinajstić information content (AvgIpc) is 2.46. The lowest BCUT2D eigenvalue weighted by Crippen LogP contribution is -2.19. The van der Waals surface area contributed by atoms with E-state index in [2.05, 4.69) is 18.8 Å². The molecule has 3 heteroatoms. The van der Waals surface area contributed by atoms with Crippen LogP contribution in [0.4, 0.5) is 0 Å².